The quantitative estimate of drug-likeness (QED) is 0.715. The Morgan fingerprint density at radius 2 is 2.00 bits per heavy atom. The molecule has 0 spiro atoms. The molecule has 7 heteroatoms. The van der Waals surface area contributed by atoms with Crippen molar-refractivity contribution in [3.05, 3.63) is 0 Å². The first kappa shape index (κ1) is 16.7. The summed E-state index contributed by atoms with van der Waals surface area (Å²) < 4.78 is 22.6. The van der Waals surface area contributed by atoms with Gasteiger partial charge >= 0.3 is 0 Å². The molecule has 5 nitrogen and oxygen atoms in total. The zero-order valence-corrected chi connectivity index (χ0v) is 12.9. The molecule has 0 aromatic heterocycles. The molecule has 112 valence electrons. The minimum absolute atomic E-state index is 0. The van der Waals surface area contributed by atoms with Crippen molar-refractivity contribution in [2.45, 2.75) is 38.1 Å². The van der Waals surface area contributed by atoms with Crippen molar-refractivity contribution in [1.29, 1.82) is 0 Å². The summed E-state index contributed by atoms with van der Waals surface area (Å²) in [5.41, 5.74) is 5.61. The Hall–Kier alpha value is -0.330. The Balaban J connectivity index is 0.00000180. The molecule has 2 fully saturated rings. The highest BCUT2D eigenvalue weighted by Gasteiger charge is 2.46. The van der Waals surface area contributed by atoms with E-state index in [0.29, 0.717) is 18.9 Å². The molecule has 0 aliphatic heterocycles. The zero-order valence-electron chi connectivity index (χ0n) is 11.2. The van der Waals surface area contributed by atoms with Crippen LogP contribution in [0.2, 0.25) is 0 Å². The van der Waals surface area contributed by atoms with E-state index in [2.05, 4.69) is 5.32 Å². The lowest BCUT2D eigenvalue weighted by atomic mass is 10.0. The summed E-state index contributed by atoms with van der Waals surface area (Å²) in [7, 11) is -3.00. The van der Waals surface area contributed by atoms with Crippen molar-refractivity contribution in [2.75, 3.05) is 18.6 Å². The fourth-order valence-electron chi connectivity index (χ4n) is 2.43. The van der Waals surface area contributed by atoms with E-state index >= 15 is 0 Å². The summed E-state index contributed by atoms with van der Waals surface area (Å²) in [6.45, 7) is 0.512. The fourth-order valence-corrected chi connectivity index (χ4v) is 3.93. The van der Waals surface area contributed by atoms with Crippen molar-refractivity contribution < 1.29 is 13.2 Å². The average molecular weight is 311 g/mol. The molecule has 2 aliphatic carbocycles. The van der Waals surface area contributed by atoms with Crippen molar-refractivity contribution >= 4 is 28.2 Å². The number of sulfone groups is 1. The molecule has 1 unspecified atom stereocenters. The Morgan fingerprint density at radius 3 is 2.42 bits per heavy atom. The fraction of sp³-hybridized carbons (Fsp3) is 0.917. The van der Waals surface area contributed by atoms with Crippen molar-refractivity contribution in [3.8, 4) is 0 Å². The van der Waals surface area contributed by atoms with Crippen LogP contribution in [0.3, 0.4) is 0 Å². The van der Waals surface area contributed by atoms with Crippen LogP contribution in [0.1, 0.15) is 32.1 Å². The molecule has 0 bridgehead atoms. The molecule has 3 N–H and O–H groups in total. The SMILES string of the molecule is CS(=O)(=O)CC1(CC(=O)NCC(N)C2CC2)CC1.Cl. The lowest BCUT2D eigenvalue weighted by molar-refractivity contribution is -0.122. The van der Waals surface area contributed by atoms with Gasteiger partial charge in [-0.05, 0) is 37.0 Å². The van der Waals surface area contributed by atoms with Crippen LogP contribution in [-0.4, -0.2) is 38.9 Å². The van der Waals surface area contributed by atoms with Crippen LogP contribution in [0.15, 0.2) is 0 Å². The molecule has 0 aromatic carbocycles. The molecule has 0 radical (unpaired) electrons. The van der Waals surface area contributed by atoms with E-state index < -0.39 is 9.84 Å². The van der Waals surface area contributed by atoms with Gasteiger partial charge in [-0.1, -0.05) is 0 Å². The molecular weight excluding hydrogens is 288 g/mol. The highest BCUT2D eigenvalue weighted by Crippen LogP contribution is 2.49. The van der Waals surface area contributed by atoms with Crippen LogP contribution in [-0.2, 0) is 14.6 Å². The van der Waals surface area contributed by atoms with Crippen LogP contribution >= 0.6 is 12.4 Å². The van der Waals surface area contributed by atoms with E-state index in [1.165, 1.54) is 6.26 Å². The van der Waals surface area contributed by atoms with Gasteiger partial charge in [0.05, 0.1) is 5.75 Å². The third-order valence-corrected chi connectivity index (χ3v) is 4.96. The second-order valence-corrected chi connectivity index (χ2v) is 8.19. The number of carbonyl (C=O) groups is 1. The Bertz CT molecular complexity index is 430. The van der Waals surface area contributed by atoms with Crippen molar-refractivity contribution in [1.82, 2.24) is 5.32 Å². The predicted octanol–water partition coefficient (Wildman–Crippen LogP) is 0.477. The van der Waals surface area contributed by atoms with E-state index in [4.69, 9.17) is 5.73 Å². The first-order chi connectivity index (χ1) is 8.30. The van der Waals surface area contributed by atoms with Gasteiger partial charge in [0, 0.05) is 25.3 Å². The summed E-state index contributed by atoms with van der Waals surface area (Å²) in [5.74, 6) is 0.630. The topological polar surface area (TPSA) is 89.3 Å². The van der Waals surface area contributed by atoms with Crippen LogP contribution < -0.4 is 11.1 Å². The molecular formula is C12H23ClN2O3S. The number of nitrogens with two attached hydrogens (primary N) is 1. The summed E-state index contributed by atoms with van der Waals surface area (Å²) in [4.78, 5) is 11.8. The maximum absolute atomic E-state index is 11.8. The lowest BCUT2D eigenvalue weighted by Crippen LogP contribution is -2.39. The average Bonchev–Trinajstić information content (AvgIpc) is 3.06. The van der Waals surface area contributed by atoms with Gasteiger partial charge in [0.15, 0.2) is 0 Å². The Morgan fingerprint density at radius 1 is 1.42 bits per heavy atom. The van der Waals surface area contributed by atoms with Crippen molar-refractivity contribution in [3.63, 3.8) is 0 Å². The van der Waals surface area contributed by atoms with Crippen LogP contribution in [0, 0.1) is 11.3 Å². The van der Waals surface area contributed by atoms with E-state index in [0.717, 1.165) is 25.7 Å². The zero-order chi connectivity index (χ0) is 13.4. The minimum Gasteiger partial charge on any atom is -0.355 e. The number of nitrogens with one attached hydrogen (secondary N) is 1. The molecule has 2 aliphatic rings. The van der Waals surface area contributed by atoms with Crippen LogP contribution in [0.25, 0.3) is 0 Å². The third kappa shape index (κ3) is 5.67. The molecule has 0 saturated heterocycles. The van der Waals surface area contributed by atoms with Gasteiger partial charge in [0.1, 0.15) is 9.84 Å². The highest BCUT2D eigenvalue weighted by atomic mass is 35.5. The van der Waals surface area contributed by atoms with E-state index in [1.807, 2.05) is 0 Å². The third-order valence-electron chi connectivity index (χ3n) is 3.82. The number of carbonyl (C=O) groups excluding carboxylic acids is 1. The second kappa shape index (κ2) is 5.97. The maximum Gasteiger partial charge on any atom is 0.220 e. The molecule has 2 saturated carbocycles. The number of hydrogen-bond donors (Lipinski definition) is 2. The number of amides is 1. The predicted molar refractivity (Wildman–Crippen MR) is 77.0 cm³/mol. The number of hydrogen-bond acceptors (Lipinski definition) is 4. The van der Waals surface area contributed by atoms with Gasteiger partial charge in [-0.25, -0.2) is 8.42 Å². The number of halogens is 1. The van der Waals surface area contributed by atoms with Gasteiger partial charge in [0.2, 0.25) is 5.91 Å². The maximum atomic E-state index is 11.8. The van der Waals surface area contributed by atoms with E-state index in [9.17, 15) is 13.2 Å². The normalized spacial score (nSPS) is 22.2. The highest BCUT2D eigenvalue weighted by molar-refractivity contribution is 7.90. The molecule has 1 amide bonds. The summed E-state index contributed by atoms with van der Waals surface area (Å²) in [6, 6.07) is 0.0546. The first-order valence-corrected chi connectivity index (χ1v) is 8.56. The standard InChI is InChI=1S/C12H22N2O3S.ClH/c1-18(16,17)8-12(4-5-12)6-11(15)14-7-10(13)9-2-3-9;/h9-10H,2-8,13H2,1H3,(H,14,15);1H. The smallest absolute Gasteiger partial charge is 0.220 e. The number of rotatable bonds is 7. The second-order valence-electron chi connectivity index (χ2n) is 6.05. The summed E-state index contributed by atoms with van der Waals surface area (Å²) >= 11 is 0. The first-order valence-electron chi connectivity index (χ1n) is 6.50. The molecule has 19 heavy (non-hydrogen) atoms. The lowest BCUT2D eigenvalue weighted by Gasteiger charge is -2.15. The summed E-state index contributed by atoms with van der Waals surface area (Å²) in [5, 5.41) is 2.83. The van der Waals surface area contributed by atoms with E-state index in [1.54, 1.807) is 0 Å². The van der Waals surface area contributed by atoms with Crippen LogP contribution in [0.5, 0.6) is 0 Å². The summed E-state index contributed by atoms with van der Waals surface area (Å²) in [6.07, 6.45) is 5.54. The van der Waals surface area contributed by atoms with Gasteiger partial charge in [-0.15, -0.1) is 12.4 Å². The van der Waals surface area contributed by atoms with Gasteiger partial charge < -0.3 is 11.1 Å². The monoisotopic (exact) mass is 310 g/mol. The minimum atomic E-state index is -3.00. The molecule has 1 atom stereocenters. The molecule has 0 heterocycles. The molecule has 0 aromatic rings. The van der Waals surface area contributed by atoms with Gasteiger partial charge in [-0.3, -0.25) is 4.79 Å². The Kier molecular flexibility index (Phi) is 5.26. The van der Waals surface area contributed by atoms with Crippen LogP contribution in [0.4, 0.5) is 0 Å². The Labute approximate surface area is 121 Å². The molecule has 2 rings (SSSR count). The largest absolute Gasteiger partial charge is 0.355 e. The van der Waals surface area contributed by atoms with Crippen molar-refractivity contribution in [2.24, 2.45) is 17.1 Å². The van der Waals surface area contributed by atoms with Gasteiger partial charge in [0.25, 0.3) is 0 Å². The van der Waals surface area contributed by atoms with E-state index in [-0.39, 0.29) is 35.5 Å². The van der Waals surface area contributed by atoms with Gasteiger partial charge in [-0.2, -0.15) is 0 Å².